The van der Waals surface area contributed by atoms with Gasteiger partial charge in [0.15, 0.2) is 12.3 Å². The Morgan fingerprint density at radius 1 is 1.26 bits per heavy atom. The van der Waals surface area contributed by atoms with E-state index in [-0.39, 0.29) is 24.1 Å². The first-order valence-corrected chi connectivity index (χ1v) is 10.3. The number of amides is 1. The van der Waals surface area contributed by atoms with E-state index in [0.29, 0.717) is 30.5 Å². The van der Waals surface area contributed by atoms with E-state index in [2.05, 4.69) is 30.1 Å². The van der Waals surface area contributed by atoms with Crippen LogP contribution in [0.3, 0.4) is 0 Å². The Hall–Kier alpha value is -3.66. The van der Waals surface area contributed by atoms with Crippen molar-refractivity contribution in [2.45, 2.75) is 46.1 Å². The predicted molar refractivity (Wildman–Crippen MR) is 119 cm³/mol. The van der Waals surface area contributed by atoms with Crippen molar-refractivity contribution in [1.82, 2.24) is 4.57 Å². The van der Waals surface area contributed by atoms with Crippen LogP contribution in [0.5, 0.6) is 11.6 Å². The number of aromatic hydroxyl groups is 1. The van der Waals surface area contributed by atoms with Gasteiger partial charge in [0.05, 0.1) is 11.6 Å². The largest absolute Gasteiger partial charge is 0.493 e. The summed E-state index contributed by atoms with van der Waals surface area (Å²) in [6.45, 7) is 6.32. The molecule has 0 spiro atoms. The first-order chi connectivity index (χ1) is 14.9. The van der Waals surface area contributed by atoms with E-state index in [1.165, 1.54) is 0 Å². The molecule has 1 N–H and O–H groups in total. The number of nitriles is 1. The number of hydrogen-bond acceptors (Lipinski definition) is 5. The van der Waals surface area contributed by atoms with E-state index >= 15 is 0 Å². The quantitative estimate of drug-likeness (QED) is 0.370. The minimum atomic E-state index is -0.545. The summed E-state index contributed by atoms with van der Waals surface area (Å²) >= 11 is 0. The fourth-order valence-electron chi connectivity index (χ4n) is 3.43. The van der Waals surface area contributed by atoms with Gasteiger partial charge in [0.1, 0.15) is 5.75 Å². The highest BCUT2D eigenvalue weighted by molar-refractivity contribution is 5.95. The summed E-state index contributed by atoms with van der Waals surface area (Å²) in [5.41, 5.74) is 3.08. The third-order valence-corrected chi connectivity index (χ3v) is 4.99. The Balaban J connectivity index is 1.78. The lowest BCUT2D eigenvalue weighted by atomic mass is 10.0. The molecule has 0 aliphatic carbocycles. The van der Waals surface area contributed by atoms with Gasteiger partial charge < -0.3 is 14.4 Å². The number of fused-ring (bicyclic) bond motifs is 1. The van der Waals surface area contributed by atoms with E-state index in [1.54, 1.807) is 4.57 Å². The summed E-state index contributed by atoms with van der Waals surface area (Å²) in [4.78, 5) is 12.3. The molecule has 1 amide bonds. The molecule has 0 bridgehead atoms. The molecule has 0 aliphatic heterocycles. The second-order valence-electron chi connectivity index (χ2n) is 7.68. The van der Waals surface area contributed by atoms with Crippen LogP contribution in [0, 0.1) is 18.3 Å². The number of unbranched alkanes of at least 4 members (excludes halogenated alkanes) is 1. The smallest absolute Gasteiger partial charge is 0.302 e. The Kier molecular flexibility index (Phi) is 7.03. The summed E-state index contributed by atoms with van der Waals surface area (Å²) in [6.07, 6.45) is 0.983. The van der Waals surface area contributed by atoms with E-state index in [0.717, 1.165) is 16.6 Å². The van der Waals surface area contributed by atoms with E-state index in [9.17, 15) is 9.90 Å². The highest BCUT2D eigenvalue weighted by Crippen LogP contribution is 2.39. The second kappa shape index (κ2) is 9.90. The Labute approximate surface area is 181 Å². The van der Waals surface area contributed by atoms with E-state index < -0.39 is 5.91 Å². The van der Waals surface area contributed by atoms with Crippen LogP contribution in [-0.2, 0) is 11.3 Å². The number of carbonyl (C=O) groups excluding carboxylic acids is 1. The van der Waals surface area contributed by atoms with Crippen molar-refractivity contribution in [1.29, 1.82) is 5.26 Å². The van der Waals surface area contributed by atoms with Gasteiger partial charge in [0.2, 0.25) is 5.88 Å². The number of azo groups is 1. The number of aryl methyl sites for hydroxylation is 2. The molecule has 0 atom stereocenters. The van der Waals surface area contributed by atoms with Crippen LogP contribution in [0.1, 0.15) is 43.7 Å². The number of para-hydroxylation sites is 1. The van der Waals surface area contributed by atoms with Gasteiger partial charge in [-0.3, -0.25) is 4.79 Å². The number of rotatable bonds is 8. The van der Waals surface area contributed by atoms with Crippen LogP contribution >= 0.6 is 0 Å². The molecular weight excluding hydrogens is 392 g/mol. The average Bonchev–Trinajstić information content (AvgIpc) is 3.02. The van der Waals surface area contributed by atoms with Crippen molar-refractivity contribution < 1.29 is 14.6 Å². The zero-order chi connectivity index (χ0) is 22.4. The topological polar surface area (TPSA) is 100.0 Å². The molecule has 0 unspecified atom stereocenters. The molecule has 0 saturated carbocycles. The number of carbonyl (C=O) groups is 1. The van der Waals surface area contributed by atoms with Gasteiger partial charge in [-0.05, 0) is 42.5 Å². The molecule has 1 aromatic heterocycles. The number of ether oxygens (including phenoxy) is 1. The van der Waals surface area contributed by atoms with Gasteiger partial charge in [-0.1, -0.05) is 44.2 Å². The summed E-state index contributed by atoms with van der Waals surface area (Å²) in [5.74, 6) is 0.307. The van der Waals surface area contributed by atoms with E-state index in [4.69, 9.17) is 10.00 Å². The second-order valence-corrected chi connectivity index (χ2v) is 7.68. The first kappa shape index (κ1) is 22.0. The summed E-state index contributed by atoms with van der Waals surface area (Å²) in [6, 6.07) is 15.4. The zero-order valence-corrected chi connectivity index (χ0v) is 18.0. The Morgan fingerprint density at radius 3 is 2.77 bits per heavy atom. The van der Waals surface area contributed by atoms with Crippen molar-refractivity contribution in [2.75, 3.05) is 6.61 Å². The van der Waals surface area contributed by atoms with Gasteiger partial charge >= 0.3 is 5.91 Å². The first-order valence-electron chi connectivity index (χ1n) is 10.3. The van der Waals surface area contributed by atoms with Crippen LogP contribution in [-0.4, -0.2) is 22.2 Å². The maximum absolute atomic E-state index is 12.3. The Morgan fingerprint density at radius 2 is 2.03 bits per heavy atom. The third-order valence-electron chi connectivity index (χ3n) is 4.99. The van der Waals surface area contributed by atoms with Crippen LogP contribution in [0.15, 0.2) is 52.7 Å². The van der Waals surface area contributed by atoms with Crippen molar-refractivity contribution in [3.8, 4) is 17.7 Å². The lowest BCUT2D eigenvalue weighted by molar-refractivity contribution is -0.120. The lowest BCUT2D eigenvalue weighted by Crippen LogP contribution is -2.09. The maximum Gasteiger partial charge on any atom is 0.302 e. The van der Waals surface area contributed by atoms with Crippen molar-refractivity contribution >= 4 is 22.5 Å². The predicted octanol–water partition coefficient (Wildman–Crippen LogP) is 5.77. The van der Waals surface area contributed by atoms with Gasteiger partial charge in [0, 0.05) is 18.4 Å². The van der Waals surface area contributed by atoms with Crippen LogP contribution in [0.25, 0.3) is 10.9 Å². The normalized spacial score (nSPS) is 11.3. The van der Waals surface area contributed by atoms with Crippen LogP contribution in [0.2, 0.25) is 0 Å². The number of aromatic nitrogens is 1. The van der Waals surface area contributed by atoms with Crippen LogP contribution < -0.4 is 4.74 Å². The fraction of sp³-hybridized carbons (Fsp3) is 0.333. The molecule has 3 aromatic rings. The molecule has 1 heterocycles. The van der Waals surface area contributed by atoms with Crippen molar-refractivity contribution in [3.05, 3.63) is 53.6 Å². The Bertz CT molecular complexity index is 1160. The number of benzene rings is 2. The molecule has 2 aromatic carbocycles. The average molecular weight is 418 g/mol. The van der Waals surface area contributed by atoms with Gasteiger partial charge in [-0.15, -0.1) is 10.2 Å². The molecule has 3 rings (SSSR count). The van der Waals surface area contributed by atoms with E-state index in [1.807, 2.05) is 49.4 Å². The van der Waals surface area contributed by atoms with Gasteiger partial charge in [-0.2, -0.15) is 5.26 Å². The molecule has 7 nitrogen and oxygen atoms in total. The highest BCUT2D eigenvalue weighted by Gasteiger charge is 2.17. The number of hydrogen-bond donors (Lipinski definition) is 1. The maximum atomic E-state index is 12.3. The summed E-state index contributed by atoms with van der Waals surface area (Å²) in [5, 5.41) is 27.9. The molecule has 0 radical (unpaired) electrons. The summed E-state index contributed by atoms with van der Waals surface area (Å²) in [7, 11) is 0. The van der Waals surface area contributed by atoms with Gasteiger partial charge in [0.25, 0.3) is 0 Å². The number of nitrogens with zero attached hydrogens (tertiary/aromatic N) is 4. The third kappa shape index (κ3) is 5.10. The standard InChI is InChI=1S/C24H26N4O3/c1-16(2)18-11-10-17(3)14-21(18)31-15-22(29)26-27-23-19-8-4-5-9-20(19)28(24(23)30)13-7-6-12-25/h4-5,8-11,14,16,30H,6-7,13,15H2,1-3H3. The lowest BCUT2D eigenvalue weighted by Gasteiger charge is -2.13. The molecular formula is C24H26N4O3. The zero-order valence-electron chi connectivity index (χ0n) is 18.0. The minimum Gasteiger partial charge on any atom is -0.493 e. The summed E-state index contributed by atoms with van der Waals surface area (Å²) < 4.78 is 7.40. The molecule has 0 saturated heterocycles. The molecule has 31 heavy (non-hydrogen) atoms. The van der Waals surface area contributed by atoms with Crippen molar-refractivity contribution in [2.24, 2.45) is 10.2 Å². The fourth-order valence-corrected chi connectivity index (χ4v) is 3.43. The molecule has 160 valence electrons. The van der Waals surface area contributed by atoms with Gasteiger partial charge in [-0.25, -0.2) is 0 Å². The van der Waals surface area contributed by atoms with Crippen LogP contribution in [0.4, 0.5) is 5.69 Å². The highest BCUT2D eigenvalue weighted by atomic mass is 16.5. The minimum absolute atomic E-state index is 0.0719. The monoisotopic (exact) mass is 418 g/mol. The molecule has 0 fully saturated rings. The molecule has 0 aliphatic rings. The van der Waals surface area contributed by atoms with Crippen molar-refractivity contribution in [3.63, 3.8) is 0 Å². The SMILES string of the molecule is Cc1ccc(C(C)C)c(OCC(=O)N=Nc2c(O)n(CCCC#N)c3ccccc23)c1. The molecule has 7 heteroatoms.